The van der Waals surface area contributed by atoms with Gasteiger partial charge in [0.05, 0.1) is 12.2 Å². The minimum atomic E-state index is 0.251. The van der Waals surface area contributed by atoms with Crippen molar-refractivity contribution >= 4 is 0 Å². The van der Waals surface area contributed by atoms with Gasteiger partial charge in [0, 0.05) is 5.92 Å². The number of hydrogen-bond donors (Lipinski definition) is 0. The highest BCUT2D eigenvalue weighted by atomic mass is 16.5. The molecule has 0 aromatic heterocycles. The lowest BCUT2D eigenvalue weighted by Gasteiger charge is -2.31. The molecule has 1 heteroatoms. The molecule has 14 heavy (non-hydrogen) atoms. The fourth-order valence-corrected chi connectivity index (χ4v) is 2.00. The van der Waals surface area contributed by atoms with E-state index in [1.54, 1.807) is 0 Å². The van der Waals surface area contributed by atoms with Crippen LogP contribution >= 0.6 is 0 Å². The van der Waals surface area contributed by atoms with E-state index in [2.05, 4.69) is 40.3 Å². The Morgan fingerprint density at radius 1 is 1.57 bits per heavy atom. The second kappa shape index (κ2) is 4.79. The Labute approximate surface area is 87.8 Å². The average Bonchev–Trinajstić information content (AvgIpc) is 2.01. The van der Waals surface area contributed by atoms with Gasteiger partial charge in [-0.2, -0.15) is 0 Å². The molecule has 0 radical (unpaired) electrons. The predicted molar refractivity (Wildman–Crippen MR) is 61.3 cm³/mol. The van der Waals surface area contributed by atoms with E-state index < -0.39 is 0 Å². The van der Waals surface area contributed by atoms with Gasteiger partial charge in [-0.3, -0.25) is 0 Å². The molecular formula is C13H22O. The summed E-state index contributed by atoms with van der Waals surface area (Å²) < 4.78 is 5.90. The van der Waals surface area contributed by atoms with Gasteiger partial charge in [0.15, 0.2) is 0 Å². The maximum absolute atomic E-state index is 5.90. The van der Waals surface area contributed by atoms with E-state index in [1.165, 1.54) is 24.0 Å². The molecule has 1 rings (SSSR count). The number of hydrogen-bond acceptors (Lipinski definition) is 1. The Kier molecular flexibility index (Phi) is 3.94. The van der Waals surface area contributed by atoms with Crippen LogP contribution < -0.4 is 0 Å². The van der Waals surface area contributed by atoms with Gasteiger partial charge in [0.1, 0.15) is 0 Å². The molecule has 0 aliphatic heterocycles. The van der Waals surface area contributed by atoms with Crippen LogP contribution in [0, 0.1) is 5.92 Å². The standard InChI is InChI=1S/C13H22O/c1-9(2)12-7-6-11(5)8-13(12)14-10(3)4/h8,10,12-13H,1,6-7H2,2-5H3/t12-,13+/m0/s1. The molecule has 1 aliphatic carbocycles. The minimum absolute atomic E-state index is 0.251. The zero-order valence-corrected chi connectivity index (χ0v) is 9.84. The molecule has 1 nitrogen and oxygen atoms in total. The van der Waals surface area contributed by atoms with Crippen LogP contribution in [0.25, 0.3) is 0 Å². The molecule has 0 unspecified atom stereocenters. The number of rotatable bonds is 3. The first-order chi connectivity index (χ1) is 6.50. The van der Waals surface area contributed by atoms with Gasteiger partial charge in [0.25, 0.3) is 0 Å². The van der Waals surface area contributed by atoms with Crippen LogP contribution in [0.5, 0.6) is 0 Å². The summed E-state index contributed by atoms with van der Waals surface area (Å²) in [4.78, 5) is 0. The van der Waals surface area contributed by atoms with Crippen LogP contribution in [0.3, 0.4) is 0 Å². The molecule has 0 spiro atoms. The van der Waals surface area contributed by atoms with Crippen molar-refractivity contribution in [3.63, 3.8) is 0 Å². The Morgan fingerprint density at radius 3 is 2.71 bits per heavy atom. The van der Waals surface area contributed by atoms with Crippen LogP contribution in [-0.2, 0) is 4.74 Å². The first-order valence-corrected chi connectivity index (χ1v) is 5.49. The minimum Gasteiger partial charge on any atom is -0.371 e. The van der Waals surface area contributed by atoms with E-state index in [0.29, 0.717) is 12.0 Å². The molecule has 0 saturated heterocycles. The van der Waals surface area contributed by atoms with E-state index in [0.717, 1.165) is 0 Å². The summed E-state index contributed by atoms with van der Waals surface area (Å²) in [5.41, 5.74) is 2.70. The first-order valence-electron chi connectivity index (χ1n) is 5.49. The molecule has 0 N–H and O–H groups in total. The second-order valence-corrected chi connectivity index (χ2v) is 4.65. The van der Waals surface area contributed by atoms with Crippen molar-refractivity contribution in [2.24, 2.45) is 5.92 Å². The van der Waals surface area contributed by atoms with E-state index in [9.17, 15) is 0 Å². The average molecular weight is 194 g/mol. The van der Waals surface area contributed by atoms with E-state index in [4.69, 9.17) is 4.74 Å². The molecule has 0 aromatic carbocycles. The Bertz CT molecular complexity index is 238. The molecule has 1 aliphatic rings. The molecule has 0 aromatic rings. The third-order valence-electron chi connectivity index (χ3n) is 2.76. The van der Waals surface area contributed by atoms with Gasteiger partial charge in [0.2, 0.25) is 0 Å². The van der Waals surface area contributed by atoms with Gasteiger partial charge in [-0.25, -0.2) is 0 Å². The Balaban J connectivity index is 2.72. The van der Waals surface area contributed by atoms with Crippen molar-refractivity contribution in [3.05, 3.63) is 23.8 Å². The van der Waals surface area contributed by atoms with Crippen LogP contribution in [-0.4, -0.2) is 12.2 Å². The van der Waals surface area contributed by atoms with Gasteiger partial charge in [-0.1, -0.05) is 23.8 Å². The SMILES string of the molecule is C=C(C)[C@@H]1CCC(C)=C[C@H]1OC(C)C. The smallest absolute Gasteiger partial charge is 0.0826 e. The fourth-order valence-electron chi connectivity index (χ4n) is 2.00. The van der Waals surface area contributed by atoms with E-state index >= 15 is 0 Å². The maximum Gasteiger partial charge on any atom is 0.0826 e. The molecule has 2 atom stereocenters. The summed E-state index contributed by atoms with van der Waals surface area (Å²) in [6, 6.07) is 0. The lowest BCUT2D eigenvalue weighted by molar-refractivity contribution is 0.00546. The molecule has 0 saturated carbocycles. The highest BCUT2D eigenvalue weighted by molar-refractivity contribution is 5.15. The van der Waals surface area contributed by atoms with Crippen LogP contribution in [0.15, 0.2) is 23.8 Å². The summed E-state index contributed by atoms with van der Waals surface area (Å²) in [5.74, 6) is 0.515. The number of ether oxygens (including phenoxy) is 1. The van der Waals surface area contributed by atoms with Crippen molar-refractivity contribution < 1.29 is 4.74 Å². The van der Waals surface area contributed by atoms with Crippen molar-refractivity contribution in [2.45, 2.75) is 52.7 Å². The second-order valence-electron chi connectivity index (χ2n) is 4.65. The van der Waals surface area contributed by atoms with Gasteiger partial charge in [-0.05, 0) is 40.5 Å². The molecule has 80 valence electrons. The predicted octanol–water partition coefficient (Wildman–Crippen LogP) is 3.71. The molecule has 0 fully saturated rings. The first kappa shape index (κ1) is 11.5. The van der Waals surface area contributed by atoms with Crippen molar-refractivity contribution in [1.82, 2.24) is 0 Å². The van der Waals surface area contributed by atoms with E-state index in [-0.39, 0.29) is 6.10 Å². The topological polar surface area (TPSA) is 9.23 Å². The Morgan fingerprint density at radius 2 is 2.21 bits per heavy atom. The summed E-state index contributed by atoms with van der Waals surface area (Å²) in [7, 11) is 0. The Hall–Kier alpha value is -0.560. The lowest BCUT2D eigenvalue weighted by atomic mass is 9.83. The van der Waals surface area contributed by atoms with Crippen molar-refractivity contribution in [2.75, 3.05) is 0 Å². The molecule has 0 heterocycles. The quantitative estimate of drug-likeness (QED) is 0.622. The fraction of sp³-hybridized carbons (Fsp3) is 0.692. The third-order valence-corrected chi connectivity index (χ3v) is 2.76. The zero-order chi connectivity index (χ0) is 10.7. The van der Waals surface area contributed by atoms with E-state index in [1.807, 2.05) is 0 Å². The van der Waals surface area contributed by atoms with Gasteiger partial charge >= 0.3 is 0 Å². The lowest BCUT2D eigenvalue weighted by Crippen LogP contribution is -2.28. The molecule has 0 amide bonds. The highest BCUT2D eigenvalue weighted by Crippen LogP contribution is 2.30. The maximum atomic E-state index is 5.90. The number of allylic oxidation sites excluding steroid dienone is 1. The largest absolute Gasteiger partial charge is 0.371 e. The normalized spacial score (nSPS) is 27.6. The highest BCUT2D eigenvalue weighted by Gasteiger charge is 2.25. The van der Waals surface area contributed by atoms with Crippen LogP contribution in [0.1, 0.15) is 40.5 Å². The summed E-state index contributed by atoms with van der Waals surface area (Å²) in [6.07, 6.45) is 5.19. The monoisotopic (exact) mass is 194 g/mol. The van der Waals surface area contributed by atoms with Crippen molar-refractivity contribution in [1.29, 1.82) is 0 Å². The van der Waals surface area contributed by atoms with Gasteiger partial charge < -0.3 is 4.74 Å². The van der Waals surface area contributed by atoms with Gasteiger partial charge in [-0.15, -0.1) is 0 Å². The summed E-state index contributed by atoms with van der Waals surface area (Å²) >= 11 is 0. The van der Waals surface area contributed by atoms with Crippen LogP contribution in [0.2, 0.25) is 0 Å². The van der Waals surface area contributed by atoms with Crippen LogP contribution in [0.4, 0.5) is 0 Å². The molecule has 0 bridgehead atoms. The van der Waals surface area contributed by atoms with Crippen molar-refractivity contribution in [3.8, 4) is 0 Å². The summed E-state index contributed by atoms with van der Waals surface area (Å²) in [6.45, 7) is 12.5. The summed E-state index contributed by atoms with van der Waals surface area (Å²) in [5, 5.41) is 0. The zero-order valence-electron chi connectivity index (χ0n) is 9.84. The third kappa shape index (κ3) is 2.98. The molecular weight excluding hydrogens is 172 g/mol.